The summed E-state index contributed by atoms with van der Waals surface area (Å²) in [7, 11) is 0. The SMILES string of the molecule is O=C(NC1(CO)CCO1)c1nn(-c2cnccn2)c2c1CCC1CC21. The highest BCUT2D eigenvalue weighted by atomic mass is 16.5. The molecule has 2 aromatic rings. The van der Waals surface area contributed by atoms with Gasteiger partial charge >= 0.3 is 0 Å². The first kappa shape index (κ1) is 15.0. The van der Waals surface area contributed by atoms with Crippen LogP contribution >= 0.6 is 0 Å². The quantitative estimate of drug-likeness (QED) is 0.842. The molecule has 2 aromatic heterocycles. The first-order valence-electron chi connectivity index (χ1n) is 8.66. The Bertz CT molecular complexity index is 825. The van der Waals surface area contributed by atoms with Crippen LogP contribution < -0.4 is 5.32 Å². The lowest BCUT2D eigenvalue weighted by atomic mass is 9.95. The Balaban J connectivity index is 1.55. The van der Waals surface area contributed by atoms with Gasteiger partial charge < -0.3 is 15.2 Å². The van der Waals surface area contributed by atoms with E-state index in [0.29, 0.717) is 36.4 Å². The summed E-state index contributed by atoms with van der Waals surface area (Å²) in [6.45, 7) is 0.299. The van der Waals surface area contributed by atoms with E-state index < -0.39 is 5.72 Å². The van der Waals surface area contributed by atoms with Crippen molar-refractivity contribution < 1.29 is 14.6 Å². The van der Waals surface area contributed by atoms with Gasteiger partial charge in [0.1, 0.15) is 0 Å². The molecule has 3 unspecified atom stereocenters. The summed E-state index contributed by atoms with van der Waals surface area (Å²) < 4.78 is 7.16. The largest absolute Gasteiger partial charge is 0.391 e. The highest BCUT2D eigenvalue weighted by Gasteiger charge is 2.48. The molecule has 3 atom stereocenters. The van der Waals surface area contributed by atoms with E-state index >= 15 is 0 Å². The smallest absolute Gasteiger partial charge is 0.274 e. The van der Waals surface area contributed by atoms with Gasteiger partial charge in [-0.15, -0.1) is 0 Å². The molecule has 1 amide bonds. The van der Waals surface area contributed by atoms with Gasteiger partial charge in [0.05, 0.1) is 25.1 Å². The van der Waals surface area contributed by atoms with Gasteiger partial charge in [0.15, 0.2) is 17.2 Å². The maximum atomic E-state index is 12.8. The standard InChI is InChI=1S/C17H19N5O3/c23-9-17(3-6-25-17)20-16(24)14-11-2-1-10-7-12(10)15(11)22(21-14)13-8-18-4-5-19-13/h4-5,8,10,12,23H,1-3,6-7,9H2,(H,20,24). The fourth-order valence-corrected chi connectivity index (χ4v) is 3.96. The van der Waals surface area contributed by atoms with Crippen LogP contribution in [-0.2, 0) is 11.2 Å². The highest BCUT2D eigenvalue weighted by Crippen LogP contribution is 2.55. The van der Waals surface area contributed by atoms with Crippen LogP contribution in [0.1, 0.15) is 46.9 Å². The molecule has 8 nitrogen and oxygen atoms in total. The maximum Gasteiger partial charge on any atom is 0.274 e. The summed E-state index contributed by atoms with van der Waals surface area (Å²) in [6.07, 6.45) is 8.57. The number of hydrogen-bond donors (Lipinski definition) is 2. The van der Waals surface area contributed by atoms with Crippen molar-refractivity contribution in [2.24, 2.45) is 5.92 Å². The molecule has 0 aromatic carbocycles. The molecule has 0 radical (unpaired) electrons. The van der Waals surface area contributed by atoms with Crippen molar-refractivity contribution in [1.82, 2.24) is 25.1 Å². The second-order valence-electron chi connectivity index (χ2n) is 7.03. The van der Waals surface area contributed by atoms with Gasteiger partial charge in [-0.25, -0.2) is 9.67 Å². The van der Waals surface area contributed by atoms with Gasteiger partial charge in [0.2, 0.25) is 0 Å². The predicted octanol–water partition coefficient (Wildman–Crippen LogP) is 0.551. The lowest BCUT2D eigenvalue weighted by Crippen LogP contribution is -2.60. The fraction of sp³-hybridized carbons (Fsp3) is 0.529. The Morgan fingerprint density at radius 1 is 1.48 bits per heavy atom. The Hall–Kier alpha value is -2.32. The van der Waals surface area contributed by atoms with E-state index in [1.807, 2.05) is 0 Å². The van der Waals surface area contributed by atoms with Crippen molar-refractivity contribution in [3.8, 4) is 5.82 Å². The first-order chi connectivity index (χ1) is 12.2. The number of nitrogens with zero attached hydrogens (tertiary/aromatic N) is 4. The monoisotopic (exact) mass is 341 g/mol. The van der Waals surface area contributed by atoms with Crippen LogP contribution in [0.3, 0.4) is 0 Å². The summed E-state index contributed by atoms with van der Waals surface area (Å²) in [5, 5.41) is 16.9. The number of rotatable bonds is 4. The Morgan fingerprint density at radius 2 is 2.36 bits per heavy atom. The van der Waals surface area contributed by atoms with Gasteiger partial charge in [-0.1, -0.05) is 0 Å². The van der Waals surface area contributed by atoms with Crippen molar-refractivity contribution >= 4 is 5.91 Å². The first-order valence-corrected chi connectivity index (χ1v) is 8.66. The van der Waals surface area contributed by atoms with Gasteiger partial charge in [-0.05, 0) is 25.2 Å². The number of aliphatic hydroxyl groups is 1. The molecular weight excluding hydrogens is 322 g/mol. The van der Waals surface area contributed by atoms with Crippen LogP contribution in [0.5, 0.6) is 0 Å². The third-order valence-corrected chi connectivity index (χ3v) is 5.52. The molecule has 2 fully saturated rings. The van der Waals surface area contributed by atoms with Crippen LogP contribution in [0.15, 0.2) is 18.6 Å². The van der Waals surface area contributed by atoms with E-state index in [2.05, 4.69) is 20.4 Å². The molecule has 0 spiro atoms. The fourth-order valence-electron chi connectivity index (χ4n) is 3.96. The number of carbonyl (C=O) groups excluding carboxylic acids is 1. The molecule has 2 aliphatic carbocycles. The molecule has 130 valence electrons. The normalized spacial score (nSPS) is 29.3. The second-order valence-corrected chi connectivity index (χ2v) is 7.03. The predicted molar refractivity (Wildman–Crippen MR) is 86.2 cm³/mol. The Labute approximate surface area is 144 Å². The molecule has 1 saturated carbocycles. The zero-order chi connectivity index (χ0) is 17.0. The average Bonchev–Trinajstić information content (AvgIpc) is 3.30. The van der Waals surface area contributed by atoms with E-state index in [4.69, 9.17) is 4.74 Å². The highest BCUT2D eigenvalue weighted by molar-refractivity contribution is 5.94. The topological polar surface area (TPSA) is 102 Å². The van der Waals surface area contributed by atoms with E-state index in [1.54, 1.807) is 23.3 Å². The number of carbonyl (C=O) groups is 1. The number of ether oxygens (including phenoxy) is 1. The molecule has 0 bridgehead atoms. The number of fused-ring (bicyclic) bond motifs is 3. The summed E-state index contributed by atoms with van der Waals surface area (Å²) in [5.41, 5.74) is 1.54. The van der Waals surface area contributed by atoms with Gasteiger partial charge in [-0.3, -0.25) is 9.78 Å². The van der Waals surface area contributed by atoms with E-state index in [0.717, 1.165) is 30.5 Å². The molecular formula is C17H19N5O3. The van der Waals surface area contributed by atoms with Gasteiger partial charge in [0.25, 0.3) is 5.91 Å². The molecule has 25 heavy (non-hydrogen) atoms. The molecule has 1 saturated heterocycles. The minimum atomic E-state index is -0.961. The lowest BCUT2D eigenvalue weighted by Gasteiger charge is -2.40. The van der Waals surface area contributed by atoms with Crippen molar-refractivity contribution in [2.75, 3.05) is 13.2 Å². The van der Waals surface area contributed by atoms with E-state index in [-0.39, 0.29) is 12.5 Å². The minimum Gasteiger partial charge on any atom is -0.391 e. The number of amides is 1. The minimum absolute atomic E-state index is 0.240. The second kappa shape index (κ2) is 5.34. The van der Waals surface area contributed by atoms with Crippen LogP contribution in [0.25, 0.3) is 5.82 Å². The van der Waals surface area contributed by atoms with Gasteiger partial charge in [-0.2, -0.15) is 5.10 Å². The summed E-state index contributed by atoms with van der Waals surface area (Å²) in [4.78, 5) is 21.3. The molecule has 1 aliphatic heterocycles. The zero-order valence-electron chi connectivity index (χ0n) is 13.7. The maximum absolute atomic E-state index is 12.8. The van der Waals surface area contributed by atoms with Crippen molar-refractivity contribution in [1.29, 1.82) is 0 Å². The number of hydrogen-bond acceptors (Lipinski definition) is 6. The molecule has 8 heteroatoms. The van der Waals surface area contributed by atoms with Gasteiger partial charge in [0, 0.05) is 30.3 Å². The van der Waals surface area contributed by atoms with Crippen LogP contribution in [0, 0.1) is 5.92 Å². The summed E-state index contributed by atoms with van der Waals surface area (Å²) >= 11 is 0. The van der Waals surface area contributed by atoms with Crippen LogP contribution in [0.4, 0.5) is 0 Å². The molecule has 2 N–H and O–H groups in total. The van der Waals surface area contributed by atoms with E-state index in [9.17, 15) is 9.90 Å². The lowest BCUT2D eigenvalue weighted by molar-refractivity contribution is -0.182. The number of aromatic nitrogens is 4. The third kappa shape index (κ3) is 2.28. The van der Waals surface area contributed by atoms with E-state index in [1.165, 1.54) is 0 Å². The molecule has 3 aliphatic rings. The molecule has 3 heterocycles. The van der Waals surface area contributed by atoms with Crippen LogP contribution in [-0.4, -0.2) is 49.7 Å². The van der Waals surface area contributed by atoms with Crippen molar-refractivity contribution in [3.05, 3.63) is 35.5 Å². The summed E-state index contributed by atoms with van der Waals surface area (Å²) in [5.74, 6) is 1.47. The van der Waals surface area contributed by atoms with Crippen molar-refractivity contribution in [2.45, 2.75) is 37.3 Å². The van der Waals surface area contributed by atoms with Crippen molar-refractivity contribution in [3.63, 3.8) is 0 Å². The molecule has 5 rings (SSSR count). The Kier molecular flexibility index (Phi) is 3.20. The third-order valence-electron chi connectivity index (χ3n) is 5.52. The number of nitrogens with one attached hydrogen (secondary N) is 1. The Morgan fingerprint density at radius 3 is 3.04 bits per heavy atom. The average molecular weight is 341 g/mol. The van der Waals surface area contributed by atoms with Crippen LogP contribution in [0.2, 0.25) is 0 Å². The number of aliphatic hydroxyl groups excluding tert-OH is 1. The zero-order valence-corrected chi connectivity index (χ0v) is 13.7. The summed E-state index contributed by atoms with van der Waals surface area (Å²) in [6, 6.07) is 0.